The van der Waals surface area contributed by atoms with E-state index >= 15 is 0 Å². The molecule has 1 aromatic heterocycles. The molecular weight excluding hydrogens is 352 g/mol. The van der Waals surface area contributed by atoms with Crippen LogP contribution in [0.15, 0.2) is 59.1 Å². The van der Waals surface area contributed by atoms with Gasteiger partial charge in [0, 0.05) is 34.3 Å². The summed E-state index contributed by atoms with van der Waals surface area (Å²) in [6.07, 6.45) is 0.905. The van der Waals surface area contributed by atoms with E-state index in [4.69, 9.17) is 0 Å². The molecule has 118 valence electrons. The molecule has 3 nitrogen and oxygen atoms in total. The van der Waals surface area contributed by atoms with E-state index in [-0.39, 0.29) is 5.91 Å². The predicted molar refractivity (Wildman–Crippen MR) is 97.8 cm³/mol. The molecule has 0 radical (unpaired) electrons. The van der Waals surface area contributed by atoms with Crippen molar-refractivity contribution in [2.75, 3.05) is 6.54 Å². The van der Waals surface area contributed by atoms with Crippen molar-refractivity contribution in [3.63, 3.8) is 0 Å². The van der Waals surface area contributed by atoms with Crippen LogP contribution in [0, 0.1) is 6.92 Å². The number of fused-ring (bicyclic) bond motifs is 1. The van der Waals surface area contributed by atoms with Crippen molar-refractivity contribution in [1.82, 2.24) is 9.88 Å². The molecular formula is C19H19BrN2O. The standard InChI is InChI=1S/C19H19BrN2O/c1-14-13-16-5-2-3-6-18(16)22(14)12-4-11-21-19(23)15-7-9-17(20)10-8-15/h2-3,5-10,13H,4,11-12H2,1H3,(H,21,23). The third kappa shape index (κ3) is 3.64. The first-order valence-electron chi connectivity index (χ1n) is 7.74. The van der Waals surface area contributed by atoms with Gasteiger partial charge >= 0.3 is 0 Å². The summed E-state index contributed by atoms with van der Waals surface area (Å²) in [5.41, 5.74) is 3.20. The zero-order valence-electron chi connectivity index (χ0n) is 13.1. The fourth-order valence-corrected chi connectivity index (χ4v) is 3.05. The quantitative estimate of drug-likeness (QED) is 0.657. The Labute approximate surface area is 144 Å². The molecule has 1 amide bonds. The molecule has 0 aliphatic rings. The van der Waals surface area contributed by atoms with E-state index in [9.17, 15) is 4.79 Å². The van der Waals surface area contributed by atoms with E-state index in [1.54, 1.807) is 0 Å². The Hall–Kier alpha value is -2.07. The average molecular weight is 371 g/mol. The molecule has 3 aromatic rings. The number of benzene rings is 2. The highest BCUT2D eigenvalue weighted by molar-refractivity contribution is 9.10. The van der Waals surface area contributed by atoms with Crippen molar-refractivity contribution < 1.29 is 4.79 Å². The molecule has 2 aromatic carbocycles. The maximum atomic E-state index is 12.1. The second kappa shape index (κ2) is 7.01. The number of hydrogen-bond acceptors (Lipinski definition) is 1. The summed E-state index contributed by atoms with van der Waals surface area (Å²) in [6, 6.07) is 18.0. The summed E-state index contributed by atoms with van der Waals surface area (Å²) in [5, 5.41) is 4.25. The molecule has 0 saturated carbocycles. The molecule has 0 unspecified atom stereocenters. The van der Waals surface area contributed by atoms with Gasteiger partial charge in [-0.25, -0.2) is 0 Å². The van der Waals surface area contributed by atoms with Gasteiger partial charge in [-0.2, -0.15) is 0 Å². The lowest BCUT2D eigenvalue weighted by Gasteiger charge is -2.09. The Morgan fingerprint density at radius 1 is 1.13 bits per heavy atom. The third-order valence-electron chi connectivity index (χ3n) is 3.97. The van der Waals surface area contributed by atoms with Gasteiger partial charge in [0.1, 0.15) is 0 Å². The Morgan fingerprint density at radius 3 is 2.65 bits per heavy atom. The fraction of sp³-hybridized carbons (Fsp3) is 0.211. The number of aryl methyl sites for hydroxylation is 2. The van der Waals surface area contributed by atoms with E-state index in [1.165, 1.54) is 16.6 Å². The summed E-state index contributed by atoms with van der Waals surface area (Å²) in [5.74, 6) is -0.0217. The molecule has 23 heavy (non-hydrogen) atoms. The van der Waals surface area contributed by atoms with E-state index in [1.807, 2.05) is 24.3 Å². The van der Waals surface area contributed by atoms with Gasteiger partial charge in [0.15, 0.2) is 0 Å². The van der Waals surface area contributed by atoms with E-state index in [0.717, 1.165) is 17.4 Å². The van der Waals surface area contributed by atoms with Crippen LogP contribution in [0.5, 0.6) is 0 Å². The summed E-state index contributed by atoms with van der Waals surface area (Å²) in [4.78, 5) is 12.1. The van der Waals surface area contributed by atoms with Crippen molar-refractivity contribution in [1.29, 1.82) is 0 Å². The molecule has 0 fully saturated rings. The van der Waals surface area contributed by atoms with Crippen LogP contribution >= 0.6 is 15.9 Å². The topological polar surface area (TPSA) is 34.0 Å². The first-order chi connectivity index (χ1) is 11.1. The van der Waals surface area contributed by atoms with Crippen LogP contribution in [0.4, 0.5) is 0 Å². The summed E-state index contributed by atoms with van der Waals surface area (Å²) in [6.45, 7) is 3.70. The number of hydrogen-bond donors (Lipinski definition) is 1. The highest BCUT2D eigenvalue weighted by atomic mass is 79.9. The molecule has 0 aliphatic carbocycles. The Kier molecular flexibility index (Phi) is 4.82. The first kappa shape index (κ1) is 15.8. The van der Waals surface area contributed by atoms with Crippen LogP contribution in [-0.4, -0.2) is 17.0 Å². The number of carbonyl (C=O) groups is 1. The first-order valence-corrected chi connectivity index (χ1v) is 8.53. The van der Waals surface area contributed by atoms with E-state index in [0.29, 0.717) is 12.1 Å². The normalized spacial score (nSPS) is 10.9. The Bertz CT molecular complexity index is 821. The molecule has 0 saturated heterocycles. The lowest BCUT2D eigenvalue weighted by Crippen LogP contribution is -2.25. The largest absolute Gasteiger partial charge is 0.352 e. The van der Waals surface area contributed by atoms with Gasteiger partial charge in [0.2, 0.25) is 0 Å². The minimum atomic E-state index is -0.0217. The minimum Gasteiger partial charge on any atom is -0.352 e. The van der Waals surface area contributed by atoms with Gasteiger partial charge in [0.05, 0.1) is 0 Å². The number of aromatic nitrogens is 1. The number of carbonyl (C=O) groups excluding carboxylic acids is 1. The third-order valence-corrected chi connectivity index (χ3v) is 4.50. The summed E-state index contributed by atoms with van der Waals surface area (Å²) < 4.78 is 3.28. The van der Waals surface area contributed by atoms with Crippen molar-refractivity contribution in [3.05, 3.63) is 70.3 Å². The molecule has 1 heterocycles. The van der Waals surface area contributed by atoms with Crippen LogP contribution in [0.2, 0.25) is 0 Å². The van der Waals surface area contributed by atoms with Crippen molar-refractivity contribution in [2.24, 2.45) is 0 Å². The Morgan fingerprint density at radius 2 is 1.87 bits per heavy atom. The zero-order chi connectivity index (χ0) is 16.2. The molecule has 0 aliphatic heterocycles. The zero-order valence-corrected chi connectivity index (χ0v) is 14.6. The molecule has 0 atom stereocenters. The molecule has 0 spiro atoms. The van der Waals surface area contributed by atoms with E-state index in [2.05, 4.69) is 63.1 Å². The van der Waals surface area contributed by atoms with Crippen LogP contribution in [-0.2, 0) is 6.54 Å². The van der Waals surface area contributed by atoms with Crippen molar-refractivity contribution in [2.45, 2.75) is 19.9 Å². The number of nitrogens with zero attached hydrogens (tertiary/aromatic N) is 1. The highest BCUT2D eigenvalue weighted by Crippen LogP contribution is 2.19. The van der Waals surface area contributed by atoms with Gasteiger partial charge in [-0.05, 0) is 55.1 Å². The van der Waals surface area contributed by atoms with Crippen LogP contribution in [0.3, 0.4) is 0 Å². The van der Waals surface area contributed by atoms with Crippen LogP contribution in [0.25, 0.3) is 10.9 Å². The second-order valence-corrected chi connectivity index (χ2v) is 6.53. The van der Waals surface area contributed by atoms with Gasteiger partial charge in [-0.3, -0.25) is 4.79 Å². The minimum absolute atomic E-state index is 0.0217. The Balaban J connectivity index is 1.56. The fourth-order valence-electron chi connectivity index (χ4n) is 2.79. The maximum absolute atomic E-state index is 12.1. The smallest absolute Gasteiger partial charge is 0.251 e. The monoisotopic (exact) mass is 370 g/mol. The lowest BCUT2D eigenvalue weighted by molar-refractivity contribution is 0.0953. The van der Waals surface area contributed by atoms with E-state index < -0.39 is 0 Å². The number of nitrogens with one attached hydrogen (secondary N) is 1. The van der Waals surface area contributed by atoms with Gasteiger partial charge < -0.3 is 9.88 Å². The van der Waals surface area contributed by atoms with Gasteiger partial charge in [-0.1, -0.05) is 34.1 Å². The van der Waals surface area contributed by atoms with Gasteiger partial charge in [-0.15, -0.1) is 0 Å². The van der Waals surface area contributed by atoms with Gasteiger partial charge in [0.25, 0.3) is 5.91 Å². The van der Waals surface area contributed by atoms with Crippen LogP contribution in [0.1, 0.15) is 22.5 Å². The predicted octanol–water partition coefficient (Wildman–Crippen LogP) is 4.53. The van der Waals surface area contributed by atoms with Crippen molar-refractivity contribution in [3.8, 4) is 0 Å². The molecule has 1 N–H and O–H groups in total. The lowest BCUT2D eigenvalue weighted by atomic mass is 10.2. The molecule has 3 rings (SSSR count). The number of amides is 1. The van der Waals surface area contributed by atoms with Crippen LogP contribution < -0.4 is 5.32 Å². The SMILES string of the molecule is Cc1cc2ccccc2n1CCCNC(=O)c1ccc(Br)cc1. The summed E-state index contributed by atoms with van der Waals surface area (Å²) >= 11 is 3.37. The maximum Gasteiger partial charge on any atom is 0.251 e. The summed E-state index contributed by atoms with van der Waals surface area (Å²) in [7, 11) is 0. The number of halogens is 1. The second-order valence-electron chi connectivity index (χ2n) is 5.61. The average Bonchev–Trinajstić information content (AvgIpc) is 2.87. The number of para-hydroxylation sites is 1. The molecule has 0 bridgehead atoms. The highest BCUT2D eigenvalue weighted by Gasteiger charge is 2.06. The van der Waals surface area contributed by atoms with Crippen molar-refractivity contribution >= 4 is 32.7 Å². The number of rotatable bonds is 5. The molecule has 4 heteroatoms.